The number of hydrogen-bond donors (Lipinski definition) is 2. The minimum absolute atomic E-state index is 0. The van der Waals surface area contributed by atoms with Gasteiger partial charge in [-0.15, -0.1) is 12.4 Å². The highest BCUT2D eigenvalue weighted by molar-refractivity contribution is 6.08. The van der Waals surface area contributed by atoms with Gasteiger partial charge in [-0.05, 0) is 48.7 Å². The number of amides is 2. The predicted octanol–water partition coefficient (Wildman–Crippen LogP) is 4.26. The van der Waals surface area contributed by atoms with Gasteiger partial charge in [0.15, 0.2) is 0 Å². The van der Waals surface area contributed by atoms with Crippen LogP contribution >= 0.6 is 12.4 Å². The predicted molar refractivity (Wildman–Crippen MR) is 104 cm³/mol. The van der Waals surface area contributed by atoms with E-state index in [1.165, 1.54) is 17.9 Å². The zero-order chi connectivity index (χ0) is 19.8. The van der Waals surface area contributed by atoms with Crippen LogP contribution in [0.3, 0.4) is 0 Å². The van der Waals surface area contributed by atoms with Crippen LogP contribution in [0.4, 0.5) is 30.2 Å². The fourth-order valence-corrected chi connectivity index (χ4v) is 3.21. The monoisotopic (exact) mass is 413 g/mol. The molecule has 1 aliphatic heterocycles. The highest BCUT2D eigenvalue weighted by Crippen LogP contribution is 2.35. The smallest absolute Gasteiger partial charge is 0.398 e. The van der Waals surface area contributed by atoms with Gasteiger partial charge in [0.1, 0.15) is 0 Å². The van der Waals surface area contributed by atoms with E-state index in [1.807, 2.05) is 0 Å². The van der Waals surface area contributed by atoms with Crippen LogP contribution in [-0.2, 0) is 17.4 Å². The quantitative estimate of drug-likeness (QED) is 0.722. The van der Waals surface area contributed by atoms with E-state index in [0.29, 0.717) is 30.8 Å². The van der Waals surface area contributed by atoms with E-state index in [-0.39, 0.29) is 23.7 Å². The summed E-state index contributed by atoms with van der Waals surface area (Å²) in [7, 11) is 0. The van der Waals surface area contributed by atoms with Gasteiger partial charge < -0.3 is 16.0 Å². The molecule has 0 atom stereocenters. The number of nitrogen functional groups attached to an aromatic ring is 1. The summed E-state index contributed by atoms with van der Waals surface area (Å²) in [5.74, 6) is -1.09. The number of fused-ring (bicyclic) bond motifs is 1. The maximum Gasteiger partial charge on any atom is 0.416 e. The summed E-state index contributed by atoms with van der Waals surface area (Å²) < 4.78 is 39.7. The third-order valence-electron chi connectivity index (χ3n) is 4.36. The molecular weight excluding hydrogens is 395 g/mol. The molecule has 2 aromatic carbocycles. The molecule has 28 heavy (non-hydrogen) atoms. The first-order chi connectivity index (χ1) is 12.7. The van der Waals surface area contributed by atoms with Crippen LogP contribution < -0.4 is 16.0 Å². The second kappa shape index (κ2) is 8.10. The topological polar surface area (TPSA) is 75.4 Å². The number of carbonyl (C=O) groups excluding carboxylic acids is 2. The first kappa shape index (κ1) is 21.6. The van der Waals surface area contributed by atoms with Crippen molar-refractivity contribution in [3.63, 3.8) is 0 Å². The lowest BCUT2D eigenvalue weighted by molar-refractivity contribution is -0.137. The van der Waals surface area contributed by atoms with Gasteiger partial charge in [0.25, 0.3) is 5.91 Å². The summed E-state index contributed by atoms with van der Waals surface area (Å²) in [6, 6.07) is 8.01. The Labute approximate surface area is 166 Å². The van der Waals surface area contributed by atoms with Crippen LogP contribution in [0.5, 0.6) is 0 Å². The molecule has 0 saturated heterocycles. The summed E-state index contributed by atoms with van der Waals surface area (Å²) in [6.45, 7) is 1.56. The zero-order valence-corrected chi connectivity index (χ0v) is 15.8. The molecule has 1 aliphatic rings. The van der Waals surface area contributed by atoms with Gasteiger partial charge in [-0.2, -0.15) is 13.2 Å². The average Bonchev–Trinajstić information content (AvgIpc) is 2.59. The number of nitrogens with two attached hydrogens (primary N) is 1. The van der Waals surface area contributed by atoms with Crippen molar-refractivity contribution in [3.05, 3.63) is 53.1 Å². The lowest BCUT2D eigenvalue weighted by atomic mass is 9.98. The number of carbonyl (C=O) groups is 2. The Balaban J connectivity index is 0.00000280. The van der Waals surface area contributed by atoms with Crippen molar-refractivity contribution in [1.29, 1.82) is 0 Å². The second-order valence-electron chi connectivity index (χ2n) is 6.38. The average molecular weight is 414 g/mol. The Kier molecular flexibility index (Phi) is 6.23. The normalized spacial score (nSPS) is 13.4. The summed E-state index contributed by atoms with van der Waals surface area (Å²) in [4.78, 5) is 25.7. The number of benzene rings is 2. The maximum absolute atomic E-state index is 13.2. The molecule has 3 rings (SSSR count). The van der Waals surface area contributed by atoms with E-state index >= 15 is 0 Å². The Hall–Kier alpha value is -2.74. The molecule has 150 valence electrons. The van der Waals surface area contributed by atoms with E-state index in [9.17, 15) is 22.8 Å². The van der Waals surface area contributed by atoms with Crippen LogP contribution in [0.1, 0.15) is 34.8 Å². The number of hydrogen-bond acceptors (Lipinski definition) is 3. The van der Waals surface area contributed by atoms with E-state index in [1.54, 1.807) is 18.2 Å². The van der Waals surface area contributed by atoms with Gasteiger partial charge in [0, 0.05) is 36.1 Å². The van der Waals surface area contributed by atoms with E-state index in [2.05, 4.69) is 5.32 Å². The molecule has 0 radical (unpaired) electrons. The number of alkyl halides is 3. The first-order valence-electron chi connectivity index (χ1n) is 8.36. The van der Waals surface area contributed by atoms with Crippen molar-refractivity contribution in [2.24, 2.45) is 0 Å². The van der Waals surface area contributed by atoms with Crippen molar-refractivity contribution in [2.75, 3.05) is 22.5 Å². The number of nitrogens with one attached hydrogen (secondary N) is 1. The van der Waals surface area contributed by atoms with E-state index in [0.717, 1.165) is 17.7 Å². The molecule has 3 N–H and O–H groups in total. The van der Waals surface area contributed by atoms with Gasteiger partial charge in [-0.1, -0.05) is 6.07 Å². The van der Waals surface area contributed by atoms with Gasteiger partial charge in [0.05, 0.1) is 5.56 Å². The molecule has 0 aliphatic carbocycles. The van der Waals surface area contributed by atoms with Crippen LogP contribution in [-0.4, -0.2) is 18.4 Å². The van der Waals surface area contributed by atoms with Crippen LogP contribution in [0.15, 0.2) is 36.4 Å². The van der Waals surface area contributed by atoms with Gasteiger partial charge in [0.2, 0.25) is 5.91 Å². The Morgan fingerprint density at radius 2 is 1.89 bits per heavy atom. The lowest BCUT2D eigenvalue weighted by Crippen LogP contribution is -2.36. The molecule has 0 spiro atoms. The first-order valence-corrected chi connectivity index (χ1v) is 8.36. The second-order valence-corrected chi connectivity index (χ2v) is 6.38. The van der Waals surface area contributed by atoms with Crippen molar-refractivity contribution in [3.8, 4) is 0 Å². The largest absolute Gasteiger partial charge is 0.416 e. The molecule has 2 amide bonds. The van der Waals surface area contributed by atoms with Crippen LogP contribution in [0, 0.1) is 0 Å². The van der Waals surface area contributed by atoms with Gasteiger partial charge in [-0.25, -0.2) is 0 Å². The maximum atomic E-state index is 13.2. The van der Waals surface area contributed by atoms with Crippen molar-refractivity contribution < 1.29 is 22.8 Å². The Bertz CT molecular complexity index is 916. The molecule has 0 aromatic heterocycles. The summed E-state index contributed by atoms with van der Waals surface area (Å²) >= 11 is 0. The highest BCUT2D eigenvalue weighted by Gasteiger charge is 2.33. The Morgan fingerprint density at radius 3 is 2.54 bits per heavy atom. The minimum Gasteiger partial charge on any atom is -0.398 e. The van der Waals surface area contributed by atoms with E-state index < -0.39 is 23.6 Å². The summed E-state index contributed by atoms with van der Waals surface area (Å²) in [5.41, 5.74) is 6.70. The fourth-order valence-electron chi connectivity index (χ4n) is 3.21. The molecule has 9 heteroatoms. The molecule has 0 fully saturated rings. The van der Waals surface area contributed by atoms with Gasteiger partial charge in [-0.3, -0.25) is 9.59 Å². The third-order valence-corrected chi connectivity index (χ3v) is 4.36. The van der Waals surface area contributed by atoms with Crippen LogP contribution in [0.25, 0.3) is 0 Å². The minimum atomic E-state index is -4.65. The molecule has 0 bridgehead atoms. The molecule has 0 saturated carbocycles. The fraction of sp³-hybridized carbons (Fsp3) is 0.263. The highest BCUT2D eigenvalue weighted by atomic mass is 35.5. The number of nitrogens with zero attached hydrogens (tertiary/aromatic N) is 1. The molecule has 5 nitrogen and oxygen atoms in total. The third kappa shape index (κ3) is 4.39. The van der Waals surface area contributed by atoms with Crippen molar-refractivity contribution in [1.82, 2.24) is 0 Å². The molecule has 2 aromatic rings. The van der Waals surface area contributed by atoms with E-state index in [4.69, 9.17) is 5.73 Å². The number of rotatable bonds is 2. The van der Waals surface area contributed by atoms with Crippen molar-refractivity contribution in [2.45, 2.75) is 25.9 Å². The molecular formula is C19H19ClF3N3O2. The summed E-state index contributed by atoms with van der Waals surface area (Å²) in [5, 5.41) is 2.31. The number of halogens is 4. The zero-order valence-electron chi connectivity index (χ0n) is 15.0. The summed E-state index contributed by atoms with van der Waals surface area (Å²) in [6.07, 6.45) is -3.29. The van der Waals surface area contributed by atoms with Crippen LogP contribution in [0.2, 0.25) is 0 Å². The lowest BCUT2D eigenvalue weighted by Gasteiger charge is -2.30. The number of anilines is 3. The molecule has 0 unspecified atom stereocenters. The Morgan fingerprint density at radius 1 is 1.18 bits per heavy atom. The van der Waals surface area contributed by atoms with Crippen molar-refractivity contribution >= 4 is 41.3 Å². The van der Waals surface area contributed by atoms with Gasteiger partial charge >= 0.3 is 6.18 Å². The SMILES string of the molecule is CC(=O)Nc1cc(C(=O)N2CCCc3c(N)cccc32)cc(C(F)(F)F)c1.Cl. The molecule has 1 heterocycles. The standard InChI is InChI=1S/C19H18F3N3O2.ClH/c1-11(26)24-14-9-12(8-13(10-14)19(20,21)22)18(27)25-7-3-4-15-16(23)5-2-6-17(15)25;/h2,5-6,8-10H,3-4,7,23H2,1H3,(H,24,26);1H.